The Morgan fingerprint density at radius 3 is 2.61 bits per heavy atom. The summed E-state index contributed by atoms with van der Waals surface area (Å²) < 4.78 is 0. The highest BCUT2D eigenvalue weighted by Gasteiger charge is 2.25. The van der Waals surface area contributed by atoms with Crippen LogP contribution in [0.2, 0.25) is 19.6 Å². The highest BCUT2D eigenvalue weighted by atomic mass is 28.3. The summed E-state index contributed by atoms with van der Waals surface area (Å²) in [6.45, 7) is 8.63. The normalized spacial score (nSPS) is 11.7. The Labute approximate surface area is 136 Å². The molecule has 0 bridgehead atoms. The van der Waals surface area contributed by atoms with Crippen LogP contribution in [0.25, 0.3) is 10.9 Å². The first kappa shape index (κ1) is 15.4. The first-order valence-electron chi connectivity index (χ1n) is 7.58. The van der Waals surface area contributed by atoms with Gasteiger partial charge in [-0.15, -0.1) is 0 Å². The van der Waals surface area contributed by atoms with Crippen molar-refractivity contribution in [2.75, 3.05) is 5.32 Å². The van der Waals surface area contributed by atoms with Crippen LogP contribution in [-0.4, -0.2) is 29.2 Å². The first-order valence-corrected chi connectivity index (χ1v) is 11.1. The molecule has 0 fully saturated rings. The average molecular weight is 324 g/mol. The topological polar surface area (TPSA) is 70.7 Å². The van der Waals surface area contributed by atoms with E-state index in [0.717, 1.165) is 21.8 Å². The van der Waals surface area contributed by atoms with Crippen molar-refractivity contribution in [3.63, 3.8) is 0 Å². The van der Waals surface area contributed by atoms with Crippen molar-refractivity contribution < 1.29 is 4.79 Å². The lowest BCUT2D eigenvalue weighted by molar-refractivity contribution is 0.102. The van der Waals surface area contributed by atoms with Gasteiger partial charge in [-0.2, -0.15) is 5.10 Å². The van der Waals surface area contributed by atoms with Crippen molar-refractivity contribution in [1.82, 2.24) is 15.2 Å². The molecule has 23 heavy (non-hydrogen) atoms. The van der Waals surface area contributed by atoms with E-state index < -0.39 is 8.07 Å². The summed E-state index contributed by atoms with van der Waals surface area (Å²) in [6.07, 6.45) is 1.72. The van der Waals surface area contributed by atoms with Crippen LogP contribution >= 0.6 is 0 Å². The number of para-hydroxylation sites is 1. The number of benzene rings is 1. The van der Waals surface area contributed by atoms with Gasteiger partial charge in [0.2, 0.25) is 0 Å². The lowest BCUT2D eigenvalue weighted by atomic mass is 10.2. The molecular formula is C17H20N4OSi. The van der Waals surface area contributed by atoms with Crippen LogP contribution in [0, 0.1) is 6.92 Å². The number of H-pyrrole nitrogens is 1. The Morgan fingerprint density at radius 1 is 1.17 bits per heavy atom. The fraction of sp³-hybridized carbons (Fsp3) is 0.235. The SMILES string of the molecule is Cc1c(C(=O)Nc2cccc3cccnc23)n[nH]c1[Si](C)(C)C. The maximum absolute atomic E-state index is 12.6. The molecule has 2 heterocycles. The van der Waals surface area contributed by atoms with E-state index in [0.29, 0.717) is 11.4 Å². The lowest BCUT2D eigenvalue weighted by Gasteiger charge is -2.14. The summed E-state index contributed by atoms with van der Waals surface area (Å²) in [7, 11) is -1.55. The minimum atomic E-state index is -1.55. The molecule has 118 valence electrons. The number of hydrogen-bond donors (Lipinski definition) is 2. The van der Waals surface area contributed by atoms with Crippen molar-refractivity contribution in [3.8, 4) is 0 Å². The van der Waals surface area contributed by atoms with Crippen LogP contribution in [0.4, 0.5) is 5.69 Å². The molecule has 0 saturated carbocycles. The van der Waals surface area contributed by atoms with E-state index >= 15 is 0 Å². The van der Waals surface area contributed by atoms with Gasteiger partial charge in [0.15, 0.2) is 5.69 Å². The molecule has 3 aromatic rings. The Kier molecular flexibility index (Phi) is 3.77. The average Bonchev–Trinajstić information content (AvgIpc) is 2.89. The molecule has 0 aliphatic heterocycles. The highest BCUT2D eigenvalue weighted by molar-refractivity contribution is 6.88. The van der Waals surface area contributed by atoms with Crippen LogP contribution in [0.3, 0.4) is 0 Å². The summed E-state index contributed by atoms with van der Waals surface area (Å²) in [5.74, 6) is -0.207. The number of pyridine rings is 1. The fourth-order valence-corrected chi connectivity index (χ4v) is 4.37. The molecule has 6 heteroatoms. The predicted octanol–water partition coefficient (Wildman–Crippen LogP) is 3.06. The van der Waals surface area contributed by atoms with Gasteiger partial charge >= 0.3 is 0 Å². The second kappa shape index (κ2) is 5.62. The molecule has 0 aliphatic rings. The number of nitrogens with one attached hydrogen (secondary N) is 2. The van der Waals surface area contributed by atoms with E-state index in [2.05, 4.69) is 40.1 Å². The smallest absolute Gasteiger partial charge is 0.276 e. The summed E-state index contributed by atoms with van der Waals surface area (Å²) in [5, 5.41) is 12.3. The zero-order chi connectivity index (χ0) is 16.6. The minimum Gasteiger partial charge on any atom is -0.319 e. The molecule has 0 atom stereocenters. The predicted molar refractivity (Wildman–Crippen MR) is 96.0 cm³/mol. The number of carbonyl (C=O) groups excluding carboxylic acids is 1. The van der Waals surface area contributed by atoms with Crippen LogP contribution in [0.1, 0.15) is 16.1 Å². The molecule has 1 aromatic carbocycles. The zero-order valence-electron chi connectivity index (χ0n) is 13.8. The number of rotatable bonds is 3. The number of carbonyl (C=O) groups is 1. The number of nitrogens with zero attached hydrogens (tertiary/aromatic N) is 2. The second-order valence-electron chi connectivity index (χ2n) is 6.66. The number of aromatic nitrogens is 3. The van der Waals surface area contributed by atoms with E-state index in [9.17, 15) is 4.79 Å². The third kappa shape index (κ3) is 2.89. The maximum atomic E-state index is 12.6. The summed E-state index contributed by atoms with van der Waals surface area (Å²) in [4.78, 5) is 17.0. The fourth-order valence-electron chi connectivity index (χ4n) is 2.74. The molecule has 0 unspecified atom stereocenters. The van der Waals surface area contributed by atoms with Crippen LogP contribution < -0.4 is 10.6 Å². The van der Waals surface area contributed by atoms with Crippen molar-refractivity contribution >= 4 is 35.9 Å². The largest absolute Gasteiger partial charge is 0.319 e. The standard InChI is InChI=1S/C17H20N4OSi/c1-11-14(20-21-17(11)23(2,3)4)16(22)19-13-9-5-7-12-8-6-10-18-15(12)13/h5-10H,1-4H3,(H,19,22)(H,20,21). The number of aromatic amines is 1. The van der Waals surface area contributed by atoms with E-state index in [1.807, 2.05) is 37.3 Å². The number of hydrogen-bond acceptors (Lipinski definition) is 3. The van der Waals surface area contributed by atoms with Gasteiger partial charge in [-0.05, 0) is 24.6 Å². The van der Waals surface area contributed by atoms with Gasteiger partial charge in [0.1, 0.15) is 8.07 Å². The molecule has 2 aromatic heterocycles. The van der Waals surface area contributed by atoms with Crippen molar-refractivity contribution in [2.45, 2.75) is 26.6 Å². The third-order valence-corrected chi connectivity index (χ3v) is 5.84. The summed E-state index contributed by atoms with van der Waals surface area (Å²) in [6, 6.07) is 9.59. The molecular weight excluding hydrogens is 304 g/mol. The summed E-state index contributed by atoms with van der Waals surface area (Å²) >= 11 is 0. The lowest BCUT2D eigenvalue weighted by Crippen LogP contribution is -2.40. The van der Waals surface area contributed by atoms with Gasteiger partial charge in [-0.3, -0.25) is 14.9 Å². The van der Waals surface area contributed by atoms with Gasteiger partial charge in [-0.25, -0.2) is 0 Å². The van der Waals surface area contributed by atoms with Crippen LogP contribution in [-0.2, 0) is 0 Å². The van der Waals surface area contributed by atoms with Crippen LogP contribution in [0.5, 0.6) is 0 Å². The van der Waals surface area contributed by atoms with E-state index in [1.165, 1.54) is 0 Å². The first-order chi connectivity index (χ1) is 10.9. The van der Waals surface area contributed by atoms with Gasteiger partial charge in [0.25, 0.3) is 5.91 Å². The molecule has 0 saturated heterocycles. The van der Waals surface area contributed by atoms with Gasteiger partial charge in [0.05, 0.1) is 11.2 Å². The van der Waals surface area contributed by atoms with Crippen molar-refractivity contribution in [3.05, 3.63) is 47.8 Å². The van der Waals surface area contributed by atoms with Crippen molar-refractivity contribution in [1.29, 1.82) is 0 Å². The molecule has 0 aliphatic carbocycles. The second-order valence-corrected chi connectivity index (χ2v) is 11.7. The Balaban J connectivity index is 1.94. The monoisotopic (exact) mass is 324 g/mol. The Hall–Kier alpha value is -2.47. The van der Waals surface area contributed by atoms with Gasteiger partial charge < -0.3 is 5.32 Å². The number of fused-ring (bicyclic) bond motifs is 1. The maximum Gasteiger partial charge on any atom is 0.276 e. The molecule has 2 N–H and O–H groups in total. The zero-order valence-corrected chi connectivity index (χ0v) is 14.8. The molecule has 3 rings (SSSR count). The molecule has 1 amide bonds. The quantitative estimate of drug-likeness (QED) is 0.727. The minimum absolute atomic E-state index is 0.207. The van der Waals surface area contributed by atoms with E-state index in [1.54, 1.807) is 6.20 Å². The number of anilines is 1. The third-order valence-electron chi connectivity index (χ3n) is 3.86. The Bertz CT molecular complexity index is 874. The van der Waals surface area contributed by atoms with E-state index in [4.69, 9.17) is 0 Å². The molecule has 0 radical (unpaired) electrons. The van der Waals surface area contributed by atoms with Crippen molar-refractivity contribution in [2.24, 2.45) is 0 Å². The highest BCUT2D eigenvalue weighted by Crippen LogP contribution is 2.21. The molecule has 5 nitrogen and oxygen atoms in total. The number of amides is 1. The summed E-state index contributed by atoms with van der Waals surface area (Å²) in [5.41, 5.74) is 2.87. The van der Waals surface area contributed by atoms with Gasteiger partial charge in [-0.1, -0.05) is 37.8 Å². The van der Waals surface area contributed by atoms with E-state index in [-0.39, 0.29) is 5.91 Å². The molecule has 0 spiro atoms. The van der Waals surface area contributed by atoms with Gasteiger partial charge in [0, 0.05) is 16.9 Å². The van der Waals surface area contributed by atoms with Crippen LogP contribution in [0.15, 0.2) is 36.5 Å². The Morgan fingerprint density at radius 2 is 1.91 bits per heavy atom.